The van der Waals surface area contributed by atoms with Crippen molar-refractivity contribution in [2.24, 2.45) is 11.8 Å². The quantitative estimate of drug-likeness (QED) is 0.359. The van der Waals surface area contributed by atoms with Crippen LogP contribution < -0.4 is 0 Å². The first-order valence-corrected chi connectivity index (χ1v) is 5.43. The zero-order chi connectivity index (χ0) is 6.48. The molecular formula is C7H8I2. The molecule has 1 fully saturated rings. The zero-order valence-electron chi connectivity index (χ0n) is 4.98. The lowest BCUT2D eigenvalue weighted by atomic mass is 10.1. The van der Waals surface area contributed by atoms with Crippen LogP contribution in [-0.2, 0) is 0 Å². The molecule has 50 valence electrons. The Hall–Kier alpha value is 1.20. The lowest BCUT2D eigenvalue weighted by Crippen LogP contribution is -2.16. The number of allylic oxidation sites excluding steroid dienone is 2. The minimum atomic E-state index is 0.551. The van der Waals surface area contributed by atoms with Gasteiger partial charge in [-0.1, -0.05) is 57.3 Å². The Labute approximate surface area is 82.8 Å². The standard InChI is InChI=1S/C7H8I2/c8-7(9)5-1-2-6(7)4-3-5/h1-2,5-6H,3-4H2. The van der Waals surface area contributed by atoms with Crippen LogP contribution in [0, 0.1) is 11.8 Å². The Morgan fingerprint density at radius 2 is 1.56 bits per heavy atom. The molecule has 0 amide bonds. The SMILES string of the molecule is IC1(I)C2C=CC1CC2. The highest BCUT2D eigenvalue weighted by Gasteiger charge is 2.47. The number of hydrogen-bond acceptors (Lipinski definition) is 0. The van der Waals surface area contributed by atoms with Gasteiger partial charge in [-0.15, -0.1) is 0 Å². The van der Waals surface area contributed by atoms with E-state index in [1.165, 1.54) is 12.8 Å². The fraction of sp³-hybridized carbons (Fsp3) is 0.714. The Bertz CT molecular complexity index is 144. The van der Waals surface area contributed by atoms with Gasteiger partial charge in [-0.05, 0) is 12.8 Å². The van der Waals surface area contributed by atoms with E-state index in [0.29, 0.717) is 1.43 Å². The molecule has 0 radical (unpaired) electrons. The highest BCUT2D eigenvalue weighted by molar-refractivity contribution is 14.2. The second-order valence-electron chi connectivity index (χ2n) is 2.85. The van der Waals surface area contributed by atoms with Crippen LogP contribution >= 0.6 is 45.2 Å². The average Bonchev–Trinajstić information content (AvgIpc) is 2.24. The minimum Gasteiger partial charge on any atom is -0.0829 e. The smallest absolute Gasteiger partial charge is 0.0829 e. The molecule has 0 spiro atoms. The molecule has 2 rings (SSSR count). The molecule has 0 aromatic heterocycles. The van der Waals surface area contributed by atoms with Gasteiger partial charge in [0.2, 0.25) is 0 Å². The Balaban J connectivity index is 2.35. The third kappa shape index (κ3) is 0.886. The van der Waals surface area contributed by atoms with Gasteiger partial charge in [0.25, 0.3) is 0 Å². The van der Waals surface area contributed by atoms with Crippen LogP contribution in [0.1, 0.15) is 12.8 Å². The molecule has 2 aliphatic rings. The van der Waals surface area contributed by atoms with Crippen molar-refractivity contribution in [3.8, 4) is 0 Å². The topological polar surface area (TPSA) is 0 Å². The second kappa shape index (κ2) is 2.09. The number of fused-ring (bicyclic) bond motifs is 2. The van der Waals surface area contributed by atoms with E-state index in [2.05, 4.69) is 57.3 Å². The summed E-state index contributed by atoms with van der Waals surface area (Å²) in [4.78, 5) is 0. The van der Waals surface area contributed by atoms with Gasteiger partial charge in [-0.2, -0.15) is 0 Å². The van der Waals surface area contributed by atoms with Crippen molar-refractivity contribution in [3.05, 3.63) is 12.2 Å². The molecule has 0 nitrogen and oxygen atoms in total. The monoisotopic (exact) mass is 346 g/mol. The van der Waals surface area contributed by atoms with E-state index >= 15 is 0 Å². The van der Waals surface area contributed by atoms with Crippen molar-refractivity contribution in [2.45, 2.75) is 14.3 Å². The third-order valence-electron chi connectivity index (χ3n) is 2.35. The molecule has 0 aromatic rings. The summed E-state index contributed by atoms with van der Waals surface area (Å²) in [5.41, 5.74) is 0. The van der Waals surface area contributed by atoms with E-state index in [1.54, 1.807) is 0 Å². The van der Waals surface area contributed by atoms with E-state index in [9.17, 15) is 0 Å². The molecular weight excluding hydrogens is 338 g/mol. The van der Waals surface area contributed by atoms with Gasteiger partial charge in [-0.25, -0.2) is 0 Å². The van der Waals surface area contributed by atoms with E-state index in [4.69, 9.17) is 0 Å². The van der Waals surface area contributed by atoms with Gasteiger partial charge in [0.1, 0.15) is 0 Å². The summed E-state index contributed by atoms with van der Waals surface area (Å²) in [5, 5.41) is 0. The first-order valence-electron chi connectivity index (χ1n) is 3.27. The van der Waals surface area contributed by atoms with Gasteiger partial charge in [0.05, 0.1) is 1.43 Å². The van der Waals surface area contributed by atoms with Crippen LogP contribution in [0.4, 0.5) is 0 Å². The molecule has 0 aliphatic heterocycles. The number of rotatable bonds is 0. The summed E-state index contributed by atoms with van der Waals surface area (Å²) in [6, 6.07) is 0. The second-order valence-corrected chi connectivity index (χ2v) is 8.48. The molecule has 2 aliphatic carbocycles. The van der Waals surface area contributed by atoms with Crippen molar-refractivity contribution < 1.29 is 0 Å². The van der Waals surface area contributed by atoms with E-state index in [1.807, 2.05) is 0 Å². The predicted octanol–water partition coefficient (Wildman–Crippen LogP) is 3.15. The van der Waals surface area contributed by atoms with Crippen molar-refractivity contribution in [1.29, 1.82) is 0 Å². The van der Waals surface area contributed by atoms with Crippen molar-refractivity contribution >= 4 is 45.2 Å². The average molecular weight is 346 g/mol. The van der Waals surface area contributed by atoms with E-state index in [-0.39, 0.29) is 0 Å². The number of alkyl halides is 2. The largest absolute Gasteiger partial charge is 0.0858 e. The third-order valence-corrected chi connectivity index (χ3v) is 5.55. The maximum Gasteiger partial charge on any atom is 0.0858 e. The number of halogens is 2. The van der Waals surface area contributed by atoms with E-state index in [0.717, 1.165) is 11.8 Å². The summed E-state index contributed by atoms with van der Waals surface area (Å²) in [6.45, 7) is 0. The van der Waals surface area contributed by atoms with Gasteiger partial charge >= 0.3 is 0 Å². The molecule has 9 heavy (non-hydrogen) atoms. The maximum atomic E-state index is 2.60. The predicted molar refractivity (Wildman–Crippen MR) is 56.1 cm³/mol. The van der Waals surface area contributed by atoms with Crippen LogP contribution in [0.15, 0.2) is 12.2 Å². The molecule has 0 saturated heterocycles. The van der Waals surface area contributed by atoms with Crippen LogP contribution in [0.25, 0.3) is 0 Å². The summed E-state index contributed by atoms with van der Waals surface area (Å²) < 4.78 is 0.551. The van der Waals surface area contributed by atoms with Gasteiger partial charge in [0.15, 0.2) is 0 Å². The Morgan fingerprint density at radius 3 is 1.67 bits per heavy atom. The molecule has 2 unspecified atom stereocenters. The summed E-state index contributed by atoms with van der Waals surface area (Å²) in [7, 11) is 0. The van der Waals surface area contributed by atoms with Gasteiger partial charge in [0, 0.05) is 11.8 Å². The Kier molecular flexibility index (Phi) is 1.60. The minimum absolute atomic E-state index is 0.551. The van der Waals surface area contributed by atoms with Crippen LogP contribution in [-0.4, -0.2) is 1.43 Å². The lowest BCUT2D eigenvalue weighted by Gasteiger charge is -2.18. The maximum absolute atomic E-state index is 2.60. The normalized spacial score (nSPS) is 44.2. The molecule has 2 heteroatoms. The zero-order valence-corrected chi connectivity index (χ0v) is 9.29. The van der Waals surface area contributed by atoms with Crippen molar-refractivity contribution in [2.75, 3.05) is 0 Å². The van der Waals surface area contributed by atoms with Gasteiger partial charge in [-0.3, -0.25) is 0 Å². The van der Waals surface area contributed by atoms with Crippen LogP contribution in [0.5, 0.6) is 0 Å². The molecule has 0 N–H and O–H groups in total. The Morgan fingerprint density at radius 1 is 1.11 bits per heavy atom. The van der Waals surface area contributed by atoms with Gasteiger partial charge < -0.3 is 0 Å². The molecule has 1 saturated carbocycles. The summed E-state index contributed by atoms with van der Waals surface area (Å²) >= 11 is 5.21. The fourth-order valence-electron chi connectivity index (χ4n) is 1.74. The first kappa shape index (κ1) is 6.88. The molecule has 0 heterocycles. The van der Waals surface area contributed by atoms with Crippen LogP contribution in [0.3, 0.4) is 0 Å². The number of hydrogen-bond donors (Lipinski definition) is 0. The summed E-state index contributed by atoms with van der Waals surface area (Å²) in [6.07, 6.45) is 7.64. The molecule has 2 bridgehead atoms. The van der Waals surface area contributed by atoms with Crippen molar-refractivity contribution in [3.63, 3.8) is 0 Å². The fourth-order valence-corrected chi connectivity index (χ4v) is 3.81. The highest BCUT2D eigenvalue weighted by Crippen LogP contribution is 2.57. The van der Waals surface area contributed by atoms with E-state index < -0.39 is 0 Å². The van der Waals surface area contributed by atoms with Crippen molar-refractivity contribution in [1.82, 2.24) is 0 Å². The molecule has 0 aromatic carbocycles. The lowest BCUT2D eigenvalue weighted by molar-refractivity contribution is 0.705. The highest BCUT2D eigenvalue weighted by atomic mass is 127. The first-order chi connectivity index (χ1) is 4.21. The molecule has 2 atom stereocenters. The summed E-state index contributed by atoms with van der Waals surface area (Å²) in [5.74, 6) is 1.76. The van der Waals surface area contributed by atoms with Crippen LogP contribution in [0.2, 0.25) is 0 Å².